The predicted octanol–water partition coefficient (Wildman–Crippen LogP) is 1.92. The Hall–Kier alpha value is -0.680. The number of aryl methyl sites for hydroxylation is 1. The molecule has 1 aromatic heterocycles. The van der Waals surface area contributed by atoms with Gasteiger partial charge in [-0.1, -0.05) is 20.8 Å². The largest absolute Gasteiger partial charge is 0.349 e. The quantitative estimate of drug-likeness (QED) is 0.793. The molecular formula is C11H22N4S. The monoisotopic (exact) mass is 242 g/mol. The summed E-state index contributed by atoms with van der Waals surface area (Å²) in [6.45, 7) is 8.42. The third kappa shape index (κ3) is 4.45. The SMILES string of the molecule is CCCc1nsc(N(C)CCNC(C)C)n1. The van der Waals surface area contributed by atoms with Crippen molar-refractivity contribution in [3.63, 3.8) is 0 Å². The van der Waals surface area contributed by atoms with Crippen molar-refractivity contribution in [2.45, 2.75) is 39.7 Å². The van der Waals surface area contributed by atoms with Gasteiger partial charge in [-0.25, -0.2) is 4.98 Å². The summed E-state index contributed by atoms with van der Waals surface area (Å²) >= 11 is 1.49. The number of rotatable bonds is 7. The summed E-state index contributed by atoms with van der Waals surface area (Å²) in [5.41, 5.74) is 0. The van der Waals surface area contributed by atoms with Crippen LogP contribution in [0, 0.1) is 0 Å². The zero-order chi connectivity index (χ0) is 12.0. The fourth-order valence-electron chi connectivity index (χ4n) is 1.34. The molecule has 0 saturated carbocycles. The van der Waals surface area contributed by atoms with Gasteiger partial charge >= 0.3 is 0 Å². The molecule has 0 aliphatic heterocycles. The van der Waals surface area contributed by atoms with Crippen LogP contribution in [-0.4, -0.2) is 35.5 Å². The molecule has 0 aromatic carbocycles. The van der Waals surface area contributed by atoms with E-state index in [-0.39, 0.29) is 0 Å². The van der Waals surface area contributed by atoms with Crippen LogP contribution >= 0.6 is 11.5 Å². The van der Waals surface area contributed by atoms with Gasteiger partial charge in [0.2, 0.25) is 5.13 Å². The Morgan fingerprint density at radius 1 is 1.44 bits per heavy atom. The van der Waals surface area contributed by atoms with E-state index in [0.29, 0.717) is 6.04 Å². The number of anilines is 1. The van der Waals surface area contributed by atoms with Crippen molar-refractivity contribution >= 4 is 16.7 Å². The molecule has 1 rings (SSSR count). The van der Waals surface area contributed by atoms with E-state index in [2.05, 4.69) is 47.4 Å². The van der Waals surface area contributed by atoms with E-state index in [0.717, 1.165) is 36.9 Å². The van der Waals surface area contributed by atoms with Gasteiger partial charge in [-0.3, -0.25) is 0 Å². The number of nitrogens with zero attached hydrogens (tertiary/aromatic N) is 3. The average molecular weight is 242 g/mol. The Morgan fingerprint density at radius 2 is 2.19 bits per heavy atom. The highest BCUT2D eigenvalue weighted by atomic mass is 32.1. The van der Waals surface area contributed by atoms with Crippen molar-refractivity contribution < 1.29 is 0 Å². The van der Waals surface area contributed by atoms with E-state index in [1.54, 1.807) is 0 Å². The highest BCUT2D eigenvalue weighted by molar-refractivity contribution is 7.09. The molecular weight excluding hydrogens is 220 g/mol. The molecule has 0 aliphatic rings. The topological polar surface area (TPSA) is 41.1 Å². The molecule has 1 N–H and O–H groups in total. The molecule has 16 heavy (non-hydrogen) atoms. The maximum absolute atomic E-state index is 4.50. The van der Waals surface area contributed by atoms with Crippen molar-refractivity contribution in [1.29, 1.82) is 0 Å². The van der Waals surface area contributed by atoms with Crippen LogP contribution < -0.4 is 10.2 Å². The summed E-state index contributed by atoms with van der Waals surface area (Å²) in [5.74, 6) is 0.978. The lowest BCUT2D eigenvalue weighted by molar-refractivity contribution is 0.589. The smallest absolute Gasteiger partial charge is 0.204 e. The summed E-state index contributed by atoms with van der Waals surface area (Å²) in [6.07, 6.45) is 2.09. The van der Waals surface area contributed by atoms with Crippen molar-refractivity contribution in [2.75, 3.05) is 25.0 Å². The fourth-order valence-corrected chi connectivity index (χ4v) is 2.04. The Balaban J connectivity index is 2.36. The Bertz CT molecular complexity index is 298. The summed E-state index contributed by atoms with van der Waals surface area (Å²) in [4.78, 5) is 6.66. The summed E-state index contributed by atoms with van der Waals surface area (Å²) < 4.78 is 4.34. The molecule has 0 spiro atoms. The van der Waals surface area contributed by atoms with Crippen molar-refractivity contribution in [2.24, 2.45) is 0 Å². The second kappa shape index (κ2) is 6.81. The zero-order valence-corrected chi connectivity index (χ0v) is 11.5. The van der Waals surface area contributed by atoms with E-state index in [1.807, 2.05) is 0 Å². The third-order valence-electron chi connectivity index (χ3n) is 2.26. The molecule has 1 heterocycles. The van der Waals surface area contributed by atoms with Gasteiger partial charge in [-0.05, 0) is 6.42 Å². The van der Waals surface area contributed by atoms with Gasteiger partial charge in [0.1, 0.15) is 5.82 Å². The first-order chi connectivity index (χ1) is 7.63. The van der Waals surface area contributed by atoms with Crippen LogP contribution in [0.2, 0.25) is 0 Å². The lowest BCUT2D eigenvalue weighted by atomic mass is 10.3. The maximum Gasteiger partial charge on any atom is 0.204 e. The van der Waals surface area contributed by atoms with Gasteiger partial charge in [0, 0.05) is 44.1 Å². The predicted molar refractivity (Wildman–Crippen MR) is 70.3 cm³/mol. The lowest BCUT2D eigenvalue weighted by Gasteiger charge is -2.16. The molecule has 0 atom stereocenters. The highest BCUT2D eigenvalue weighted by Crippen LogP contribution is 2.15. The van der Waals surface area contributed by atoms with Gasteiger partial charge in [0.25, 0.3) is 0 Å². The molecule has 92 valence electrons. The van der Waals surface area contributed by atoms with E-state index < -0.39 is 0 Å². The van der Waals surface area contributed by atoms with Crippen LogP contribution in [-0.2, 0) is 6.42 Å². The van der Waals surface area contributed by atoms with E-state index in [9.17, 15) is 0 Å². The van der Waals surface area contributed by atoms with Crippen LogP contribution in [0.3, 0.4) is 0 Å². The minimum atomic E-state index is 0.540. The minimum absolute atomic E-state index is 0.540. The molecule has 0 amide bonds. The first-order valence-electron chi connectivity index (χ1n) is 5.90. The lowest BCUT2D eigenvalue weighted by Crippen LogP contribution is -2.32. The number of hydrogen-bond acceptors (Lipinski definition) is 5. The van der Waals surface area contributed by atoms with Gasteiger partial charge in [-0.15, -0.1) is 0 Å². The van der Waals surface area contributed by atoms with Crippen LogP contribution in [0.4, 0.5) is 5.13 Å². The molecule has 0 radical (unpaired) electrons. The first kappa shape index (κ1) is 13.4. The molecule has 0 aliphatic carbocycles. The first-order valence-corrected chi connectivity index (χ1v) is 6.68. The number of likely N-dealkylation sites (N-methyl/N-ethyl adjacent to an activating group) is 1. The summed E-state index contributed by atoms with van der Waals surface area (Å²) in [5, 5.41) is 4.42. The number of nitrogens with one attached hydrogen (secondary N) is 1. The normalized spacial score (nSPS) is 11.1. The molecule has 0 fully saturated rings. The maximum atomic E-state index is 4.50. The molecule has 1 aromatic rings. The Labute approximate surface area is 102 Å². The van der Waals surface area contributed by atoms with Gasteiger partial charge in [-0.2, -0.15) is 4.37 Å². The zero-order valence-electron chi connectivity index (χ0n) is 10.7. The average Bonchev–Trinajstić information content (AvgIpc) is 2.66. The van der Waals surface area contributed by atoms with Crippen LogP contribution in [0.5, 0.6) is 0 Å². The second-order valence-corrected chi connectivity index (χ2v) is 5.00. The number of aromatic nitrogens is 2. The number of hydrogen-bond donors (Lipinski definition) is 1. The van der Waals surface area contributed by atoms with E-state index in [1.165, 1.54) is 11.5 Å². The van der Waals surface area contributed by atoms with Crippen LogP contribution in [0.25, 0.3) is 0 Å². The molecule has 4 nitrogen and oxygen atoms in total. The van der Waals surface area contributed by atoms with E-state index in [4.69, 9.17) is 0 Å². The second-order valence-electron chi connectivity index (χ2n) is 4.27. The highest BCUT2D eigenvalue weighted by Gasteiger charge is 2.07. The third-order valence-corrected chi connectivity index (χ3v) is 3.13. The van der Waals surface area contributed by atoms with Crippen molar-refractivity contribution in [3.05, 3.63) is 5.82 Å². The Kier molecular flexibility index (Phi) is 5.69. The molecule has 0 bridgehead atoms. The molecule has 0 saturated heterocycles. The van der Waals surface area contributed by atoms with E-state index >= 15 is 0 Å². The summed E-state index contributed by atoms with van der Waals surface area (Å²) in [7, 11) is 2.07. The summed E-state index contributed by atoms with van der Waals surface area (Å²) in [6, 6.07) is 0.540. The minimum Gasteiger partial charge on any atom is -0.349 e. The van der Waals surface area contributed by atoms with Crippen molar-refractivity contribution in [1.82, 2.24) is 14.7 Å². The standard InChI is InChI=1S/C11H22N4S/c1-5-6-10-13-11(16-14-10)15(4)8-7-12-9(2)3/h9,12H,5-8H2,1-4H3. The Morgan fingerprint density at radius 3 is 2.81 bits per heavy atom. The fraction of sp³-hybridized carbons (Fsp3) is 0.818. The van der Waals surface area contributed by atoms with Crippen LogP contribution in [0.1, 0.15) is 33.0 Å². The van der Waals surface area contributed by atoms with Crippen LogP contribution in [0.15, 0.2) is 0 Å². The van der Waals surface area contributed by atoms with Gasteiger partial charge < -0.3 is 10.2 Å². The van der Waals surface area contributed by atoms with Gasteiger partial charge in [0.05, 0.1) is 0 Å². The van der Waals surface area contributed by atoms with Gasteiger partial charge in [0.15, 0.2) is 0 Å². The molecule has 5 heteroatoms. The molecule has 0 unspecified atom stereocenters. The van der Waals surface area contributed by atoms with Crippen molar-refractivity contribution in [3.8, 4) is 0 Å².